The van der Waals surface area contributed by atoms with E-state index in [0.29, 0.717) is 34.9 Å². The van der Waals surface area contributed by atoms with Crippen molar-refractivity contribution in [2.45, 2.75) is 13.5 Å². The van der Waals surface area contributed by atoms with Crippen LogP contribution in [0.2, 0.25) is 0 Å². The molecule has 1 aliphatic rings. The number of imide groups is 1. The number of carbonyl (C=O) groups is 3. The van der Waals surface area contributed by atoms with Gasteiger partial charge in [0.05, 0.1) is 11.5 Å². The lowest BCUT2D eigenvalue weighted by Gasteiger charge is -2.12. The van der Waals surface area contributed by atoms with E-state index in [9.17, 15) is 18.8 Å². The lowest BCUT2D eigenvalue weighted by atomic mass is 10.2. The summed E-state index contributed by atoms with van der Waals surface area (Å²) in [6, 6.07) is 19.9. The summed E-state index contributed by atoms with van der Waals surface area (Å²) >= 11 is 0.781. The molecule has 0 bridgehead atoms. The van der Waals surface area contributed by atoms with Crippen LogP contribution in [0.1, 0.15) is 18.1 Å². The summed E-state index contributed by atoms with van der Waals surface area (Å²) in [6.45, 7) is 2.24. The fourth-order valence-corrected chi connectivity index (χ4v) is 4.22. The quantitative estimate of drug-likeness (QED) is 0.387. The third kappa shape index (κ3) is 6.51. The van der Waals surface area contributed by atoms with E-state index in [1.807, 2.05) is 6.92 Å². The lowest BCUT2D eigenvalue weighted by molar-refractivity contribution is -0.127. The van der Waals surface area contributed by atoms with Crippen molar-refractivity contribution in [3.05, 3.63) is 94.6 Å². The fraction of sp³-hybridized carbons (Fsp3) is 0.148. The summed E-state index contributed by atoms with van der Waals surface area (Å²) in [4.78, 5) is 38.7. The molecule has 0 aromatic heterocycles. The first-order chi connectivity index (χ1) is 17.4. The molecule has 4 rings (SSSR count). The number of thioether (sulfide) groups is 1. The van der Waals surface area contributed by atoms with Gasteiger partial charge in [-0.15, -0.1) is 0 Å². The summed E-state index contributed by atoms with van der Waals surface area (Å²) in [5.41, 5.74) is 1.93. The van der Waals surface area contributed by atoms with Gasteiger partial charge >= 0.3 is 0 Å². The van der Waals surface area contributed by atoms with Gasteiger partial charge in [-0.25, -0.2) is 4.39 Å². The van der Waals surface area contributed by atoms with Crippen molar-refractivity contribution >= 4 is 40.6 Å². The first-order valence-electron chi connectivity index (χ1n) is 11.2. The second-order valence-corrected chi connectivity index (χ2v) is 8.75. The van der Waals surface area contributed by atoms with Gasteiger partial charge in [-0.1, -0.05) is 24.3 Å². The van der Waals surface area contributed by atoms with Gasteiger partial charge in [-0.05, 0) is 84.4 Å². The monoisotopic (exact) mass is 506 g/mol. The number of carbonyl (C=O) groups excluding carboxylic acids is 3. The number of hydrogen-bond acceptors (Lipinski definition) is 6. The molecule has 3 aromatic carbocycles. The number of nitrogens with one attached hydrogen (secondary N) is 1. The summed E-state index contributed by atoms with van der Waals surface area (Å²) < 4.78 is 24.3. The maximum Gasteiger partial charge on any atom is 0.294 e. The highest BCUT2D eigenvalue weighted by molar-refractivity contribution is 8.18. The number of amides is 3. The van der Waals surface area contributed by atoms with Crippen molar-refractivity contribution in [2.24, 2.45) is 0 Å². The molecule has 3 aromatic rings. The molecule has 0 aliphatic carbocycles. The summed E-state index contributed by atoms with van der Waals surface area (Å²) in [5, 5.41) is 2.16. The number of benzene rings is 3. The molecule has 184 valence electrons. The van der Waals surface area contributed by atoms with E-state index in [2.05, 4.69) is 5.32 Å². The van der Waals surface area contributed by atoms with Crippen molar-refractivity contribution in [2.75, 3.05) is 18.5 Å². The standard InChI is InChI=1S/C27H23FN2O5S/c1-2-34-22-12-8-21(9-13-22)29-25(31)16-30-26(32)24(36-27(30)33)15-18-6-10-23(11-7-18)35-17-19-4-3-5-20(28)14-19/h3-15H,2,16-17H2,1H3,(H,29,31)/b24-15+. The topological polar surface area (TPSA) is 84.9 Å². The highest BCUT2D eigenvalue weighted by atomic mass is 32.2. The number of halogens is 1. The van der Waals surface area contributed by atoms with E-state index < -0.39 is 17.1 Å². The molecule has 1 heterocycles. The number of nitrogens with zero attached hydrogens (tertiary/aromatic N) is 1. The molecule has 9 heteroatoms. The Labute approximate surface area is 211 Å². The first kappa shape index (κ1) is 25.0. The SMILES string of the molecule is CCOc1ccc(NC(=O)CN2C(=O)S/C(=C/c3ccc(OCc4cccc(F)c4)cc3)C2=O)cc1. The molecule has 0 radical (unpaired) electrons. The molecule has 36 heavy (non-hydrogen) atoms. The maximum absolute atomic E-state index is 13.3. The van der Waals surface area contributed by atoms with Crippen LogP contribution in [0.15, 0.2) is 77.7 Å². The van der Waals surface area contributed by atoms with Gasteiger partial charge in [-0.2, -0.15) is 0 Å². The number of anilines is 1. The Morgan fingerprint density at radius 1 is 1.00 bits per heavy atom. The number of rotatable bonds is 9. The predicted octanol–water partition coefficient (Wildman–Crippen LogP) is 5.48. The second-order valence-electron chi connectivity index (χ2n) is 7.76. The van der Waals surface area contributed by atoms with Crippen LogP contribution in [-0.4, -0.2) is 35.1 Å². The van der Waals surface area contributed by atoms with E-state index >= 15 is 0 Å². The molecular formula is C27H23FN2O5S. The fourth-order valence-electron chi connectivity index (χ4n) is 3.39. The van der Waals surface area contributed by atoms with E-state index in [1.165, 1.54) is 12.1 Å². The zero-order chi connectivity index (χ0) is 25.5. The largest absolute Gasteiger partial charge is 0.494 e. The van der Waals surface area contributed by atoms with E-state index in [4.69, 9.17) is 9.47 Å². The average molecular weight is 507 g/mol. The smallest absolute Gasteiger partial charge is 0.294 e. The minimum atomic E-state index is -0.529. The molecule has 0 atom stereocenters. The zero-order valence-corrected chi connectivity index (χ0v) is 20.2. The second kappa shape index (κ2) is 11.5. The van der Waals surface area contributed by atoms with Gasteiger partial charge in [0.2, 0.25) is 5.91 Å². The van der Waals surface area contributed by atoms with Gasteiger partial charge < -0.3 is 14.8 Å². The van der Waals surface area contributed by atoms with Crippen LogP contribution in [0.3, 0.4) is 0 Å². The molecule has 1 fully saturated rings. The molecule has 1 N–H and O–H groups in total. The van der Waals surface area contributed by atoms with Crippen LogP contribution in [-0.2, 0) is 16.2 Å². The Kier molecular flexibility index (Phi) is 8.02. The van der Waals surface area contributed by atoms with Gasteiger partial charge in [0, 0.05) is 5.69 Å². The van der Waals surface area contributed by atoms with Crippen LogP contribution in [0, 0.1) is 5.82 Å². The van der Waals surface area contributed by atoms with Crippen LogP contribution in [0.4, 0.5) is 14.9 Å². The number of ether oxygens (including phenoxy) is 2. The molecule has 7 nitrogen and oxygen atoms in total. The predicted molar refractivity (Wildman–Crippen MR) is 136 cm³/mol. The van der Waals surface area contributed by atoms with Crippen molar-refractivity contribution in [3.63, 3.8) is 0 Å². The molecule has 3 amide bonds. The van der Waals surface area contributed by atoms with Crippen molar-refractivity contribution < 1.29 is 28.2 Å². The van der Waals surface area contributed by atoms with Crippen LogP contribution >= 0.6 is 11.8 Å². The van der Waals surface area contributed by atoms with E-state index in [0.717, 1.165) is 16.7 Å². The molecular weight excluding hydrogens is 483 g/mol. The average Bonchev–Trinajstić information content (AvgIpc) is 3.12. The highest BCUT2D eigenvalue weighted by Crippen LogP contribution is 2.32. The van der Waals surface area contributed by atoms with Crippen LogP contribution in [0.5, 0.6) is 11.5 Å². The van der Waals surface area contributed by atoms with E-state index in [1.54, 1.807) is 66.7 Å². The van der Waals surface area contributed by atoms with Crippen molar-refractivity contribution in [3.8, 4) is 11.5 Å². The summed E-state index contributed by atoms with van der Waals surface area (Å²) in [7, 11) is 0. The highest BCUT2D eigenvalue weighted by Gasteiger charge is 2.36. The molecule has 0 unspecified atom stereocenters. The number of hydrogen-bond donors (Lipinski definition) is 1. The lowest BCUT2D eigenvalue weighted by Crippen LogP contribution is -2.36. The molecule has 1 saturated heterocycles. The van der Waals surface area contributed by atoms with Crippen LogP contribution < -0.4 is 14.8 Å². The Balaban J connectivity index is 1.33. The Morgan fingerprint density at radius 2 is 1.69 bits per heavy atom. The minimum Gasteiger partial charge on any atom is -0.494 e. The van der Waals surface area contributed by atoms with Gasteiger partial charge in [-0.3, -0.25) is 19.3 Å². The Hall–Kier alpha value is -4.11. The third-order valence-electron chi connectivity index (χ3n) is 5.10. The third-order valence-corrected chi connectivity index (χ3v) is 6.00. The first-order valence-corrected chi connectivity index (χ1v) is 12.0. The van der Waals surface area contributed by atoms with Gasteiger partial charge in [0.25, 0.3) is 11.1 Å². The van der Waals surface area contributed by atoms with Crippen LogP contribution in [0.25, 0.3) is 6.08 Å². The summed E-state index contributed by atoms with van der Waals surface area (Å²) in [6.07, 6.45) is 1.59. The Bertz CT molecular complexity index is 1290. The van der Waals surface area contributed by atoms with Crippen molar-refractivity contribution in [1.82, 2.24) is 4.90 Å². The summed E-state index contributed by atoms with van der Waals surface area (Å²) in [5.74, 6) is -0.0805. The molecule has 0 saturated carbocycles. The minimum absolute atomic E-state index is 0.217. The van der Waals surface area contributed by atoms with Gasteiger partial charge in [0.15, 0.2) is 0 Å². The van der Waals surface area contributed by atoms with Crippen molar-refractivity contribution in [1.29, 1.82) is 0 Å². The molecule has 1 aliphatic heterocycles. The maximum atomic E-state index is 13.3. The molecule has 0 spiro atoms. The van der Waals surface area contributed by atoms with Gasteiger partial charge in [0.1, 0.15) is 30.5 Å². The zero-order valence-electron chi connectivity index (χ0n) is 19.4. The Morgan fingerprint density at radius 3 is 2.39 bits per heavy atom. The van der Waals surface area contributed by atoms with E-state index in [-0.39, 0.29) is 23.9 Å². The normalized spacial score (nSPS) is 14.3.